The highest BCUT2D eigenvalue weighted by Crippen LogP contribution is 2.13. The average Bonchev–Trinajstić information content (AvgIpc) is 2.53. The van der Waals surface area contributed by atoms with Crippen molar-refractivity contribution in [2.45, 2.75) is 45.7 Å². The van der Waals surface area contributed by atoms with Crippen LogP contribution in [0.3, 0.4) is 0 Å². The summed E-state index contributed by atoms with van der Waals surface area (Å²) in [7, 11) is 0. The summed E-state index contributed by atoms with van der Waals surface area (Å²) < 4.78 is 0. The van der Waals surface area contributed by atoms with E-state index in [9.17, 15) is 4.79 Å². The van der Waals surface area contributed by atoms with Crippen LogP contribution in [0.4, 0.5) is 4.79 Å². The van der Waals surface area contributed by atoms with Crippen LogP contribution in [0.2, 0.25) is 0 Å². The lowest BCUT2D eigenvalue weighted by molar-refractivity contribution is 0.221. The predicted molar refractivity (Wildman–Crippen MR) is 86.1 cm³/mol. The Hall–Kier alpha value is -1.55. The average molecular weight is 289 g/mol. The lowest BCUT2D eigenvalue weighted by Crippen LogP contribution is -2.35. The van der Waals surface area contributed by atoms with Gasteiger partial charge in [0.2, 0.25) is 0 Å². The zero-order valence-electron chi connectivity index (χ0n) is 13.0. The molecule has 0 saturated carbocycles. The van der Waals surface area contributed by atoms with E-state index in [-0.39, 0.29) is 6.03 Å². The Morgan fingerprint density at radius 3 is 2.38 bits per heavy atom. The molecule has 1 aromatic rings. The first kappa shape index (κ1) is 15.8. The third-order valence-electron chi connectivity index (χ3n) is 3.87. The van der Waals surface area contributed by atoms with Gasteiger partial charge in [-0.05, 0) is 43.5 Å². The van der Waals surface area contributed by atoms with Crippen LogP contribution in [0.15, 0.2) is 24.3 Å². The molecule has 4 heteroatoms. The molecule has 2 amide bonds. The molecule has 0 bridgehead atoms. The normalized spacial score (nSPS) is 15.7. The molecule has 21 heavy (non-hydrogen) atoms. The largest absolute Gasteiger partial charge is 0.338 e. The predicted octanol–water partition coefficient (Wildman–Crippen LogP) is 2.88. The van der Waals surface area contributed by atoms with E-state index in [1.807, 2.05) is 6.92 Å². The third-order valence-corrected chi connectivity index (χ3v) is 3.87. The fourth-order valence-electron chi connectivity index (χ4n) is 2.62. The quantitative estimate of drug-likeness (QED) is 0.846. The first-order chi connectivity index (χ1) is 10.3. The van der Waals surface area contributed by atoms with Crippen molar-refractivity contribution in [1.29, 1.82) is 0 Å². The lowest BCUT2D eigenvalue weighted by atomic mass is 10.1. The van der Waals surface area contributed by atoms with Gasteiger partial charge in [-0.25, -0.2) is 4.79 Å². The molecule has 0 spiro atoms. The number of hydrogen-bond acceptors (Lipinski definition) is 2. The van der Waals surface area contributed by atoms with Crippen molar-refractivity contribution in [3.8, 4) is 0 Å². The molecule has 1 aliphatic heterocycles. The summed E-state index contributed by atoms with van der Waals surface area (Å²) in [6.07, 6.45) is 4.99. The van der Waals surface area contributed by atoms with Gasteiger partial charge in [-0.3, -0.25) is 4.90 Å². The minimum atomic E-state index is -0.0887. The van der Waals surface area contributed by atoms with Gasteiger partial charge in [0.1, 0.15) is 0 Å². The summed E-state index contributed by atoms with van der Waals surface area (Å²) in [5, 5.41) is 5.69. The van der Waals surface area contributed by atoms with E-state index in [4.69, 9.17) is 0 Å². The fraction of sp³-hybridized carbons (Fsp3) is 0.588. The molecule has 0 atom stereocenters. The summed E-state index contributed by atoms with van der Waals surface area (Å²) in [6.45, 7) is 6.84. The summed E-state index contributed by atoms with van der Waals surface area (Å²) in [6, 6.07) is 8.48. The molecule has 1 heterocycles. The summed E-state index contributed by atoms with van der Waals surface area (Å²) in [4.78, 5) is 14.0. The van der Waals surface area contributed by atoms with Gasteiger partial charge in [-0.2, -0.15) is 0 Å². The maximum absolute atomic E-state index is 11.5. The molecule has 4 nitrogen and oxygen atoms in total. The number of nitrogens with one attached hydrogen (secondary N) is 2. The molecule has 1 fully saturated rings. The first-order valence-electron chi connectivity index (χ1n) is 8.10. The Kier molecular flexibility index (Phi) is 6.54. The highest BCUT2D eigenvalue weighted by Gasteiger charge is 2.10. The first-order valence-corrected chi connectivity index (χ1v) is 8.10. The Morgan fingerprint density at radius 1 is 1.05 bits per heavy atom. The van der Waals surface area contributed by atoms with Crippen molar-refractivity contribution in [3.63, 3.8) is 0 Å². The standard InChI is InChI=1S/C17H27N3O/c1-2-10-18-17(21)19-13-15-6-8-16(9-7-15)14-20-11-4-3-5-12-20/h6-9H,2-5,10-14H2,1H3,(H2,18,19,21). The number of nitrogens with zero attached hydrogens (tertiary/aromatic N) is 1. The van der Waals surface area contributed by atoms with Crippen LogP contribution in [0.25, 0.3) is 0 Å². The highest BCUT2D eigenvalue weighted by molar-refractivity contribution is 5.73. The van der Waals surface area contributed by atoms with Crippen LogP contribution in [-0.4, -0.2) is 30.6 Å². The molecule has 1 aliphatic rings. The summed E-state index contributed by atoms with van der Waals surface area (Å²) in [5.74, 6) is 0. The number of rotatable bonds is 6. The Bertz CT molecular complexity index is 424. The second-order valence-electron chi connectivity index (χ2n) is 5.76. The van der Waals surface area contributed by atoms with Crippen LogP contribution in [0, 0.1) is 0 Å². The van der Waals surface area contributed by atoms with Gasteiger partial charge in [0.05, 0.1) is 0 Å². The van der Waals surface area contributed by atoms with E-state index >= 15 is 0 Å². The number of urea groups is 1. The van der Waals surface area contributed by atoms with Gasteiger partial charge >= 0.3 is 6.03 Å². The van der Waals surface area contributed by atoms with Crippen molar-refractivity contribution < 1.29 is 4.79 Å². The number of likely N-dealkylation sites (tertiary alicyclic amines) is 1. The minimum Gasteiger partial charge on any atom is -0.338 e. The second-order valence-corrected chi connectivity index (χ2v) is 5.76. The third kappa shape index (κ3) is 5.76. The Balaban J connectivity index is 1.74. The van der Waals surface area contributed by atoms with Gasteiger partial charge in [0.15, 0.2) is 0 Å². The van der Waals surface area contributed by atoms with Crippen LogP contribution >= 0.6 is 0 Å². The van der Waals surface area contributed by atoms with Crippen molar-refractivity contribution >= 4 is 6.03 Å². The van der Waals surface area contributed by atoms with Gasteiger partial charge in [-0.15, -0.1) is 0 Å². The highest BCUT2D eigenvalue weighted by atomic mass is 16.2. The Labute approximate surface area is 127 Å². The van der Waals surface area contributed by atoms with E-state index in [1.54, 1.807) is 0 Å². The molecule has 0 radical (unpaired) electrons. The molecule has 1 aromatic carbocycles. The molecule has 0 aromatic heterocycles. The summed E-state index contributed by atoms with van der Waals surface area (Å²) >= 11 is 0. The SMILES string of the molecule is CCCNC(=O)NCc1ccc(CN2CCCCC2)cc1. The van der Waals surface area contributed by atoms with Gasteiger partial charge in [0.25, 0.3) is 0 Å². The van der Waals surface area contributed by atoms with Crippen LogP contribution in [0.5, 0.6) is 0 Å². The monoisotopic (exact) mass is 289 g/mol. The molecule has 0 unspecified atom stereocenters. The van der Waals surface area contributed by atoms with Crippen molar-refractivity contribution in [2.24, 2.45) is 0 Å². The smallest absolute Gasteiger partial charge is 0.315 e. The van der Waals surface area contributed by atoms with E-state index in [0.29, 0.717) is 6.54 Å². The summed E-state index contributed by atoms with van der Waals surface area (Å²) in [5.41, 5.74) is 2.50. The lowest BCUT2D eigenvalue weighted by Gasteiger charge is -2.26. The van der Waals surface area contributed by atoms with Crippen molar-refractivity contribution in [3.05, 3.63) is 35.4 Å². The number of amides is 2. The molecular weight excluding hydrogens is 262 g/mol. The number of carbonyl (C=O) groups excluding carboxylic acids is 1. The second kappa shape index (κ2) is 8.67. The van der Waals surface area contributed by atoms with Crippen LogP contribution in [0.1, 0.15) is 43.7 Å². The van der Waals surface area contributed by atoms with E-state index < -0.39 is 0 Å². The van der Waals surface area contributed by atoms with Gasteiger partial charge in [0, 0.05) is 19.6 Å². The maximum atomic E-state index is 11.5. The minimum absolute atomic E-state index is 0.0887. The Morgan fingerprint density at radius 2 is 1.71 bits per heavy atom. The number of carbonyl (C=O) groups is 1. The van der Waals surface area contributed by atoms with Gasteiger partial charge in [-0.1, -0.05) is 37.6 Å². The van der Waals surface area contributed by atoms with Crippen LogP contribution < -0.4 is 10.6 Å². The van der Waals surface area contributed by atoms with E-state index in [1.165, 1.54) is 37.9 Å². The van der Waals surface area contributed by atoms with E-state index in [2.05, 4.69) is 39.8 Å². The zero-order chi connectivity index (χ0) is 14.9. The molecule has 116 valence electrons. The maximum Gasteiger partial charge on any atom is 0.315 e. The van der Waals surface area contributed by atoms with Crippen LogP contribution in [-0.2, 0) is 13.1 Å². The topological polar surface area (TPSA) is 44.4 Å². The van der Waals surface area contributed by atoms with Crippen molar-refractivity contribution in [2.75, 3.05) is 19.6 Å². The number of benzene rings is 1. The van der Waals surface area contributed by atoms with E-state index in [0.717, 1.165) is 25.1 Å². The molecule has 2 rings (SSSR count). The molecule has 0 aliphatic carbocycles. The molecule has 1 saturated heterocycles. The zero-order valence-corrected chi connectivity index (χ0v) is 13.0. The molecule has 2 N–H and O–H groups in total. The molecular formula is C17H27N3O. The number of hydrogen-bond donors (Lipinski definition) is 2. The van der Waals surface area contributed by atoms with Crippen molar-refractivity contribution in [1.82, 2.24) is 15.5 Å². The number of piperidine rings is 1. The fourth-order valence-corrected chi connectivity index (χ4v) is 2.62. The van der Waals surface area contributed by atoms with Gasteiger partial charge < -0.3 is 10.6 Å².